The lowest BCUT2D eigenvalue weighted by Crippen LogP contribution is -2.36. The van der Waals surface area contributed by atoms with E-state index in [4.69, 9.17) is 0 Å². The normalized spacial score (nSPS) is 12.2. The second kappa shape index (κ2) is 8.22. The Bertz CT molecular complexity index is 660. The van der Waals surface area contributed by atoms with Crippen molar-refractivity contribution in [1.29, 1.82) is 0 Å². The maximum Gasteiger partial charge on any atom is 0.234 e. The fourth-order valence-electron chi connectivity index (χ4n) is 2.34. The first-order chi connectivity index (χ1) is 11.0. The summed E-state index contributed by atoms with van der Waals surface area (Å²) < 4.78 is 14.0. The summed E-state index contributed by atoms with van der Waals surface area (Å²) in [5.41, 5.74) is 2.02. The molecular formula is C18H20BrFN2O. The van der Waals surface area contributed by atoms with Gasteiger partial charge in [-0.3, -0.25) is 9.69 Å². The second-order valence-corrected chi connectivity index (χ2v) is 6.46. The van der Waals surface area contributed by atoms with Crippen molar-refractivity contribution in [2.75, 3.05) is 13.6 Å². The van der Waals surface area contributed by atoms with E-state index >= 15 is 0 Å². The van der Waals surface area contributed by atoms with Crippen LogP contribution >= 0.6 is 15.9 Å². The van der Waals surface area contributed by atoms with Crippen LogP contribution < -0.4 is 5.32 Å². The summed E-state index contributed by atoms with van der Waals surface area (Å²) in [6.45, 7) is 2.87. The van der Waals surface area contributed by atoms with Crippen molar-refractivity contribution in [2.24, 2.45) is 0 Å². The molecule has 0 saturated carbocycles. The topological polar surface area (TPSA) is 32.3 Å². The molecule has 0 spiro atoms. The van der Waals surface area contributed by atoms with Crippen molar-refractivity contribution >= 4 is 21.8 Å². The molecule has 0 radical (unpaired) electrons. The van der Waals surface area contributed by atoms with E-state index in [9.17, 15) is 9.18 Å². The van der Waals surface area contributed by atoms with Gasteiger partial charge in [0.2, 0.25) is 5.91 Å². The third-order valence-corrected chi connectivity index (χ3v) is 4.33. The molecule has 1 atom stereocenters. The summed E-state index contributed by atoms with van der Waals surface area (Å²) in [6.07, 6.45) is 0. The third-order valence-electron chi connectivity index (χ3n) is 3.56. The Morgan fingerprint density at radius 3 is 2.52 bits per heavy atom. The molecule has 0 aliphatic carbocycles. The Morgan fingerprint density at radius 1 is 1.22 bits per heavy atom. The Labute approximate surface area is 144 Å². The predicted molar refractivity (Wildman–Crippen MR) is 93.4 cm³/mol. The Morgan fingerprint density at radius 2 is 1.87 bits per heavy atom. The van der Waals surface area contributed by atoms with Gasteiger partial charge in [-0.05, 0) is 43.3 Å². The quantitative estimate of drug-likeness (QED) is 0.826. The monoisotopic (exact) mass is 378 g/mol. The Hall–Kier alpha value is -1.72. The van der Waals surface area contributed by atoms with Crippen molar-refractivity contribution in [1.82, 2.24) is 10.2 Å². The minimum Gasteiger partial charge on any atom is -0.348 e. The van der Waals surface area contributed by atoms with Crippen LogP contribution in [0.3, 0.4) is 0 Å². The third kappa shape index (κ3) is 5.44. The predicted octanol–water partition coefficient (Wildman–Crippen LogP) is 3.90. The van der Waals surface area contributed by atoms with Gasteiger partial charge in [0.1, 0.15) is 5.82 Å². The van der Waals surface area contributed by atoms with Gasteiger partial charge in [-0.15, -0.1) is 0 Å². The molecule has 3 nitrogen and oxygen atoms in total. The van der Waals surface area contributed by atoms with Gasteiger partial charge in [0, 0.05) is 11.0 Å². The van der Waals surface area contributed by atoms with Crippen LogP contribution in [0.4, 0.5) is 4.39 Å². The Kier molecular flexibility index (Phi) is 6.30. The van der Waals surface area contributed by atoms with E-state index in [1.165, 1.54) is 12.1 Å². The molecule has 0 bridgehead atoms. The molecule has 1 amide bonds. The highest BCUT2D eigenvalue weighted by molar-refractivity contribution is 9.10. The van der Waals surface area contributed by atoms with Gasteiger partial charge in [0.05, 0.1) is 12.6 Å². The van der Waals surface area contributed by atoms with E-state index in [-0.39, 0.29) is 17.8 Å². The van der Waals surface area contributed by atoms with Crippen LogP contribution in [0, 0.1) is 5.82 Å². The van der Waals surface area contributed by atoms with Crippen molar-refractivity contribution < 1.29 is 9.18 Å². The molecule has 2 aromatic rings. The second-order valence-electron chi connectivity index (χ2n) is 5.60. The summed E-state index contributed by atoms with van der Waals surface area (Å²) in [5.74, 6) is -0.336. The minimum atomic E-state index is -0.277. The zero-order chi connectivity index (χ0) is 16.8. The van der Waals surface area contributed by atoms with Crippen LogP contribution in [0.15, 0.2) is 53.0 Å². The summed E-state index contributed by atoms with van der Waals surface area (Å²) in [7, 11) is 1.90. The van der Waals surface area contributed by atoms with Crippen LogP contribution in [-0.2, 0) is 11.3 Å². The number of halogens is 2. The number of carbonyl (C=O) groups is 1. The van der Waals surface area contributed by atoms with E-state index in [1.54, 1.807) is 12.1 Å². The fourth-order valence-corrected chi connectivity index (χ4v) is 2.75. The molecule has 23 heavy (non-hydrogen) atoms. The number of carbonyl (C=O) groups excluding carboxylic acids is 1. The molecule has 0 aromatic heterocycles. The van der Waals surface area contributed by atoms with E-state index in [0.29, 0.717) is 13.1 Å². The molecule has 1 unspecified atom stereocenters. The van der Waals surface area contributed by atoms with Gasteiger partial charge in [-0.1, -0.05) is 46.3 Å². The van der Waals surface area contributed by atoms with Crippen LogP contribution in [0.25, 0.3) is 0 Å². The number of nitrogens with one attached hydrogen (secondary N) is 1. The summed E-state index contributed by atoms with van der Waals surface area (Å²) in [5, 5.41) is 2.93. The molecule has 5 heteroatoms. The van der Waals surface area contributed by atoms with Crippen molar-refractivity contribution in [2.45, 2.75) is 19.5 Å². The largest absolute Gasteiger partial charge is 0.348 e. The number of nitrogens with zero attached hydrogens (tertiary/aromatic N) is 1. The van der Waals surface area contributed by atoms with Gasteiger partial charge in [-0.2, -0.15) is 0 Å². The molecular weight excluding hydrogens is 359 g/mol. The van der Waals surface area contributed by atoms with E-state index in [0.717, 1.165) is 15.6 Å². The van der Waals surface area contributed by atoms with Gasteiger partial charge in [-0.25, -0.2) is 4.39 Å². The van der Waals surface area contributed by atoms with Crippen LogP contribution in [-0.4, -0.2) is 24.4 Å². The zero-order valence-electron chi connectivity index (χ0n) is 13.2. The number of benzene rings is 2. The van der Waals surface area contributed by atoms with Gasteiger partial charge in [0.25, 0.3) is 0 Å². The molecule has 0 saturated heterocycles. The smallest absolute Gasteiger partial charge is 0.234 e. The lowest BCUT2D eigenvalue weighted by molar-refractivity contribution is -0.122. The number of hydrogen-bond donors (Lipinski definition) is 1. The molecule has 1 N–H and O–H groups in total. The highest BCUT2D eigenvalue weighted by Gasteiger charge is 2.12. The molecule has 0 aliphatic rings. The van der Waals surface area contributed by atoms with Gasteiger partial charge >= 0.3 is 0 Å². The standard InChI is InChI=1S/C18H20BrFN2O/c1-13(14-7-9-16(20)10-8-14)21-18(23)12-22(2)11-15-5-3-4-6-17(15)19/h3-10,13H,11-12H2,1-2H3,(H,21,23). The van der Waals surface area contributed by atoms with Gasteiger partial charge < -0.3 is 5.32 Å². The van der Waals surface area contributed by atoms with E-state index in [1.807, 2.05) is 43.1 Å². The fraction of sp³-hybridized carbons (Fsp3) is 0.278. The lowest BCUT2D eigenvalue weighted by atomic mass is 10.1. The van der Waals surface area contributed by atoms with Crippen molar-refractivity contribution in [3.05, 3.63) is 69.9 Å². The number of rotatable bonds is 6. The molecule has 122 valence electrons. The maximum absolute atomic E-state index is 12.9. The number of hydrogen-bond acceptors (Lipinski definition) is 2. The molecule has 0 fully saturated rings. The lowest BCUT2D eigenvalue weighted by Gasteiger charge is -2.20. The molecule has 2 rings (SSSR count). The first-order valence-corrected chi connectivity index (χ1v) is 8.22. The SMILES string of the molecule is CC(NC(=O)CN(C)Cc1ccccc1Br)c1ccc(F)cc1. The van der Waals surface area contributed by atoms with Crippen LogP contribution in [0.5, 0.6) is 0 Å². The van der Waals surface area contributed by atoms with Crippen LogP contribution in [0.2, 0.25) is 0 Å². The number of likely N-dealkylation sites (N-methyl/N-ethyl adjacent to an activating group) is 1. The van der Waals surface area contributed by atoms with Crippen LogP contribution in [0.1, 0.15) is 24.1 Å². The average Bonchev–Trinajstić information content (AvgIpc) is 2.50. The molecule has 0 heterocycles. The zero-order valence-corrected chi connectivity index (χ0v) is 14.8. The highest BCUT2D eigenvalue weighted by atomic mass is 79.9. The first-order valence-electron chi connectivity index (χ1n) is 7.42. The average molecular weight is 379 g/mol. The van der Waals surface area contributed by atoms with Crippen molar-refractivity contribution in [3.63, 3.8) is 0 Å². The summed E-state index contributed by atoms with van der Waals surface area (Å²) in [6, 6.07) is 14.0. The summed E-state index contributed by atoms with van der Waals surface area (Å²) in [4.78, 5) is 14.1. The molecule has 2 aromatic carbocycles. The van der Waals surface area contributed by atoms with E-state index < -0.39 is 0 Å². The van der Waals surface area contributed by atoms with Crippen molar-refractivity contribution in [3.8, 4) is 0 Å². The maximum atomic E-state index is 12.9. The Balaban J connectivity index is 1.86. The minimum absolute atomic E-state index is 0.0589. The highest BCUT2D eigenvalue weighted by Crippen LogP contribution is 2.17. The number of amides is 1. The van der Waals surface area contributed by atoms with Gasteiger partial charge in [0.15, 0.2) is 0 Å². The summed E-state index contributed by atoms with van der Waals surface area (Å²) >= 11 is 3.51. The van der Waals surface area contributed by atoms with E-state index in [2.05, 4.69) is 21.2 Å². The first kappa shape index (κ1) is 17.6. The molecule has 0 aliphatic heterocycles.